The number of hydrogen-bond acceptors (Lipinski definition) is 2. The number of nitrogens with two attached hydrogens (primary N) is 1. The summed E-state index contributed by atoms with van der Waals surface area (Å²) in [4.78, 5) is 0. The van der Waals surface area contributed by atoms with Gasteiger partial charge in [0.1, 0.15) is 0 Å². The molecule has 94 valence electrons. The van der Waals surface area contributed by atoms with Crippen molar-refractivity contribution in [2.75, 3.05) is 11.5 Å². The Kier molecular flexibility index (Phi) is 5.51. The van der Waals surface area contributed by atoms with Crippen molar-refractivity contribution >= 4 is 11.8 Å². The average molecular weight is 241 g/mol. The summed E-state index contributed by atoms with van der Waals surface area (Å²) in [5.74, 6) is 4.44. The predicted molar refractivity (Wildman–Crippen MR) is 73.8 cm³/mol. The van der Waals surface area contributed by atoms with Crippen molar-refractivity contribution in [1.29, 1.82) is 0 Å². The molecule has 2 N–H and O–H groups in total. The molecule has 2 aliphatic carbocycles. The standard InChI is InChI=1S/C14H27NS/c15-14(13-8-2-1-3-9-13)11-16-10-12-6-4-5-7-12/h12-14H,1-11,15H2. The highest BCUT2D eigenvalue weighted by Crippen LogP contribution is 2.30. The SMILES string of the molecule is NC(CSCC1CCCC1)C1CCCCC1. The van der Waals surface area contributed by atoms with E-state index in [1.54, 1.807) is 0 Å². The van der Waals surface area contributed by atoms with Crippen LogP contribution in [0, 0.1) is 11.8 Å². The van der Waals surface area contributed by atoms with Crippen LogP contribution in [-0.2, 0) is 0 Å². The molecule has 0 heterocycles. The largest absolute Gasteiger partial charge is 0.327 e. The molecule has 0 bridgehead atoms. The van der Waals surface area contributed by atoms with Crippen LogP contribution >= 0.6 is 11.8 Å². The smallest absolute Gasteiger partial charge is 0.0158 e. The van der Waals surface area contributed by atoms with Crippen molar-refractivity contribution in [3.05, 3.63) is 0 Å². The Labute approximate surface area is 105 Å². The maximum atomic E-state index is 6.31. The van der Waals surface area contributed by atoms with Crippen LogP contribution in [0.3, 0.4) is 0 Å². The zero-order valence-corrected chi connectivity index (χ0v) is 11.3. The van der Waals surface area contributed by atoms with E-state index in [0.717, 1.165) is 11.8 Å². The average Bonchev–Trinajstić information content (AvgIpc) is 2.83. The monoisotopic (exact) mass is 241 g/mol. The van der Waals surface area contributed by atoms with Crippen LogP contribution in [0.15, 0.2) is 0 Å². The molecule has 16 heavy (non-hydrogen) atoms. The van der Waals surface area contributed by atoms with E-state index >= 15 is 0 Å². The first-order valence-corrected chi connectivity index (χ1v) is 8.35. The molecule has 0 aromatic rings. The van der Waals surface area contributed by atoms with Gasteiger partial charge in [-0.25, -0.2) is 0 Å². The van der Waals surface area contributed by atoms with Gasteiger partial charge in [0.2, 0.25) is 0 Å². The molecule has 1 atom stereocenters. The van der Waals surface area contributed by atoms with Crippen LogP contribution in [0.5, 0.6) is 0 Å². The Morgan fingerprint density at radius 2 is 1.56 bits per heavy atom. The first-order valence-electron chi connectivity index (χ1n) is 7.19. The van der Waals surface area contributed by atoms with Crippen molar-refractivity contribution in [2.45, 2.75) is 63.8 Å². The van der Waals surface area contributed by atoms with Crippen molar-refractivity contribution < 1.29 is 0 Å². The van der Waals surface area contributed by atoms with Gasteiger partial charge in [-0.05, 0) is 43.3 Å². The van der Waals surface area contributed by atoms with Gasteiger partial charge in [0, 0.05) is 11.8 Å². The van der Waals surface area contributed by atoms with Crippen LogP contribution in [-0.4, -0.2) is 17.5 Å². The second-order valence-corrected chi connectivity index (χ2v) is 6.82. The topological polar surface area (TPSA) is 26.0 Å². The van der Waals surface area contributed by atoms with Crippen molar-refractivity contribution in [1.82, 2.24) is 0 Å². The lowest BCUT2D eigenvalue weighted by Crippen LogP contribution is -2.34. The Balaban J connectivity index is 1.57. The van der Waals surface area contributed by atoms with Gasteiger partial charge in [0.15, 0.2) is 0 Å². The summed E-state index contributed by atoms with van der Waals surface area (Å²) in [5, 5.41) is 0. The van der Waals surface area contributed by atoms with E-state index in [4.69, 9.17) is 5.73 Å². The van der Waals surface area contributed by atoms with Gasteiger partial charge in [0.25, 0.3) is 0 Å². The Morgan fingerprint density at radius 3 is 2.25 bits per heavy atom. The fraction of sp³-hybridized carbons (Fsp3) is 1.00. The highest BCUT2D eigenvalue weighted by molar-refractivity contribution is 7.99. The predicted octanol–water partition coefficient (Wildman–Crippen LogP) is 3.82. The summed E-state index contributed by atoms with van der Waals surface area (Å²) in [7, 11) is 0. The van der Waals surface area contributed by atoms with E-state index in [1.165, 1.54) is 69.3 Å². The lowest BCUT2D eigenvalue weighted by molar-refractivity contribution is 0.319. The summed E-state index contributed by atoms with van der Waals surface area (Å²) in [6, 6.07) is 0.478. The number of rotatable bonds is 5. The minimum atomic E-state index is 0.478. The third-order valence-corrected chi connectivity index (χ3v) is 5.72. The number of thioether (sulfide) groups is 1. The van der Waals surface area contributed by atoms with E-state index in [-0.39, 0.29) is 0 Å². The van der Waals surface area contributed by atoms with Crippen molar-refractivity contribution in [3.8, 4) is 0 Å². The van der Waals surface area contributed by atoms with Gasteiger partial charge in [-0.15, -0.1) is 0 Å². The fourth-order valence-electron chi connectivity index (χ4n) is 3.25. The molecule has 2 saturated carbocycles. The van der Waals surface area contributed by atoms with E-state index in [1.807, 2.05) is 0 Å². The van der Waals surface area contributed by atoms with Gasteiger partial charge in [-0.3, -0.25) is 0 Å². The molecule has 1 nitrogen and oxygen atoms in total. The Bertz CT molecular complexity index is 183. The minimum absolute atomic E-state index is 0.478. The maximum absolute atomic E-state index is 6.31. The van der Waals surface area contributed by atoms with Crippen LogP contribution < -0.4 is 5.73 Å². The van der Waals surface area contributed by atoms with E-state index < -0.39 is 0 Å². The summed E-state index contributed by atoms with van der Waals surface area (Å²) in [5.41, 5.74) is 6.31. The molecule has 0 aromatic carbocycles. The molecule has 2 aliphatic rings. The maximum Gasteiger partial charge on any atom is 0.0158 e. The lowest BCUT2D eigenvalue weighted by Gasteiger charge is -2.27. The van der Waals surface area contributed by atoms with Gasteiger partial charge >= 0.3 is 0 Å². The van der Waals surface area contributed by atoms with Gasteiger partial charge in [-0.1, -0.05) is 32.1 Å². The highest BCUT2D eigenvalue weighted by Gasteiger charge is 2.21. The molecule has 0 aromatic heterocycles. The zero-order chi connectivity index (χ0) is 11.2. The second kappa shape index (κ2) is 6.90. The van der Waals surface area contributed by atoms with Gasteiger partial charge < -0.3 is 5.73 Å². The van der Waals surface area contributed by atoms with Crippen LogP contribution in [0.25, 0.3) is 0 Å². The lowest BCUT2D eigenvalue weighted by atomic mass is 9.85. The minimum Gasteiger partial charge on any atom is -0.327 e. The quantitative estimate of drug-likeness (QED) is 0.792. The summed E-state index contributed by atoms with van der Waals surface area (Å²) in [6.45, 7) is 0. The molecule has 1 unspecified atom stereocenters. The van der Waals surface area contributed by atoms with E-state index in [9.17, 15) is 0 Å². The zero-order valence-electron chi connectivity index (χ0n) is 10.5. The third kappa shape index (κ3) is 3.96. The van der Waals surface area contributed by atoms with Crippen LogP contribution in [0.2, 0.25) is 0 Å². The summed E-state index contributed by atoms with van der Waals surface area (Å²) in [6.07, 6.45) is 13.0. The molecule has 0 saturated heterocycles. The third-order valence-electron chi connectivity index (χ3n) is 4.39. The molecule has 0 spiro atoms. The van der Waals surface area contributed by atoms with Gasteiger partial charge in [0.05, 0.1) is 0 Å². The normalized spacial score (nSPS) is 26.1. The van der Waals surface area contributed by atoms with Crippen molar-refractivity contribution in [3.63, 3.8) is 0 Å². The van der Waals surface area contributed by atoms with Crippen LogP contribution in [0.4, 0.5) is 0 Å². The Hall–Kier alpha value is 0.310. The second-order valence-electron chi connectivity index (χ2n) is 5.75. The molecule has 2 heteroatoms. The summed E-state index contributed by atoms with van der Waals surface area (Å²) < 4.78 is 0. The Morgan fingerprint density at radius 1 is 0.938 bits per heavy atom. The molecule has 0 aliphatic heterocycles. The molecular weight excluding hydrogens is 214 g/mol. The van der Waals surface area contributed by atoms with Crippen LogP contribution in [0.1, 0.15) is 57.8 Å². The van der Waals surface area contributed by atoms with E-state index in [0.29, 0.717) is 6.04 Å². The first-order chi connectivity index (χ1) is 7.86. The molecule has 2 rings (SSSR count). The summed E-state index contributed by atoms with van der Waals surface area (Å²) >= 11 is 2.13. The van der Waals surface area contributed by atoms with E-state index in [2.05, 4.69) is 11.8 Å². The fourth-order valence-corrected chi connectivity index (χ4v) is 4.59. The first kappa shape index (κ1) is 12.8. The molecular formula is C14H27NS. The van der Waals surface area contributed by atoms with Gasteiger partial charge in [-0.2, -0.15) is 11.8 Å². The molecule has 2 fully saturated rings. The highest BCUT2D eigenvalue weighted by atomic mass is 32.2. The number of hydrogen-bond donors (Lipinski definition) is 1. The molecule has 0 radical (unpaired) electrons. The molecule has 0 amide bonds. The van der Waals surface area contributed by atoms with Crippen molar-refractivity contribution in [2.24, 2.45) is 17.6 Å².